The van der Waals surface area contributed by atoms with Crippen molar-refractivity contribution in [2.75, 3.05) is 24.6 Å². The van der Waals surface area contributed by atoms with Gasteiger partial charge < -0.3 is 20.1 Å². The first-order chi connectivity index (χ1) is 18.2. The van der Waals surface area contributed by atoms with Gasteiger partial charge in [-0.15, -0.1) is 24.8 Å². The molecule has 0 atom stereocenters. The number of nitrogen functional groups attached to an aromatic ring is 1. The maximum Gasteiger partial charge on any atom is 0.397 e. The van der Waals surface area contributed by atoms with Gasteiger partial charge in [-0.2, -0.15) is 0 Å². The molecular weight excluding hydrogens is 553 g/mol. The molecule has 0 bridgehead atoms. The monoisotopic (exact) mass is 587 g/mol. The highest BCUT2D eigenvalue weighted by molar-refractivity contribution is 6.38. The van der Waals surface area contributed by atoms with Crippen molar-refractivity contribution in [2.45, 2.75) is 39.3 Å². The Hall–Kier alpha value is -3.82. The number of halogens is 2. The van der Waals surface area contributed by atoms with Gasteiger partial charge in [0.1, 0.15) is 17.7 Å². The van der Waals surface area contributed by atoms with Crippen molar-refractivity contribution in [1.82, 2.24) is 4.90 Å². The lowest BCUT2D eigenvalue weighted by molar-refractivity contribution is -0.153. The highest BCUT2D eigenvalue weighted by Crippen LogP contribution is 2.26. The van der Waals surface area contributed by atoms with Crippen LogP contribution in [0.25, 0.3) is 10.8 Å². The van der Waals surface area contributed by atoms with E-state index in [1.165, 1.54) is 4.90 Å². The second kappa shape index (κ2) is 14.5. The molecule has 1 saturated heterocycles. The number of esters is 1. The predicted molar refractivity (Wildman–Crippen MR) is 162 cm³/mol. The lowest BCUT2D eigenvalue weighted by Crippen LogP contribution is -2.40. The number of amides is 1. The van der Waals surface area contributed by atoms with Crippen molar-refractivity contribution in [3.63, 3.8) is 0 Å². The zero-order chi connectivity index (χ0) is 27.2. The molecule has 0 saturated carbocycles. The van der Waals surface area contributed by atoms with Crippen LogP contribution in [-0.4, -0.2) is 54.2 Å². The van der Waals surface area contributed by atoms with Crippen molar-refractivity contribution in [3.8, 4) is 5.75 Å². The summed E-state index contributed by atoms with van der Waals surface area (Å²) in [5, 5.41) is 17.4. The molecular formula is C29H35Cl2N5O4. The summed E-state index contributed by atoms with van der Waals surface area (Å²) in [6.45, 7) is 5.29. The Bertz CT molecular complexity index is 1360. The SMILES string of the molecule is CCOC(=O)C(=O)N(Cc1ccc2ccc(C(=N)N)cc2c1)c1ccc(OC2CCN(C(C)=N)CC2)cc1.Cl.Cl. The van der Waals surface area contributed by atoms with Gasteiger partial charge in [-0.25, -0.2) is 4.79 Å². The zero-order valence-electron chi connectivity index (χ0n) is 22.5. The molecule has 1 amide bonds. The summed E-state index contributed by atoms with van der Waals surface area (Å²) >= 11 is 0. The van der Waals surface area contributed by atoms with Gasteiger partial charge >= 0.3 is 11.9 Å². The molecule has 9 nitrogen and oxygen atoms in total. The number of nitrogens with one attached hydrogen (secondary N) is 2. The number of amidine groups is 2. The summed E-state index contributed by atoms with van der Waals surface area (Å²) in [7, 11) is 0. The van der Waals surface area contributed by atoms with Crippen molar-refractivity contribution in [2.24, 2.45) is 5.73 Å². The van der Waals surface area contributed by atoms with E-state index in [1.807, 2.05) is 35.2 Å². The van der Waals surface area contributed by atoms with Crippen molar-refractivity contribution in [3.05, 3.63) is 71.8 Å². The Labute approximate surface area is 246 Å². The van der Waals surface area contributed by atoms with Crippen molar-refractivity contribution in [1.29, 1.82) is 10.8 Å². The smallest absolute Gasteiger partial charge is 0.397 e. The fourth-order valence-electron chi connectivity index (χ4n) is 4.53. The van der Waals surface area contributed by atoms with E-state index >= 15 is 0 Å². The topological polar surface area (TPSA) is 133 Å². The molecule has 4 N–H and O–H groups in total. The maximum absolute atomic E-state index is 13.1. The highest BCUT2D eigenvalue weighted by Gasteiger charge is 2.26. The van der Waals surface area contributed by atoms with Gasteiger partial charge in [0.25, 0.3) is 0 Å². The second-order valence-electron chi connectivity index (χ2n) is 9.31. The van der Waals surface area contributed by atoms with Crippen LogP contribution in [0.2, 0.25) is 0 Å². The van der Waals surface area contributed by atoms with Crippen molar-refractivity contribution < 1.29 is 19.1 Å². The molecule has 4 rings (SSSR count). The summed E-state index contributed by atoms with van der Waals surface area (Å²) in [6, 6.07) is 18.4. The lowest BCUT2D eigenvalue weighted by atomic mass is 10.0. The Balaban J connectivity index is 0.00000280. The molecule has 40 heavy (non-hydrogen) atoms. The second-order valence-corrected chi connectivity index (χ2v) is 9.31. The minimum atomic E-state index is -0.916. The van der Waals surface area contributed by atoms with Crippen molar-refractivity contribution >= 4 is 64.8 Å². The van der Waals surface area contributed by atoms with E-state index in [4.69, 9.17) is 26.0 Å². The Kier molecular flexibility index (Phi) is 11.8. The maximum atomic E-state index is 13.1. The number of benzene rings is 3. The van der Waals surface area contributed by atoms with Crippen LogP contribution < -0.4 is 15.4 Å². The number of hydrogen-bond acceptors (Lipinski definition) is 6. The highest BCUT2D eigenvalue weighted by atomic mass is 35.5. The number of nitrogens with zero attached hydrogens (tertiary/aromatic N) is 2. The largest absolute Gasteiger partial charge is 0.490 e. The number of nitrogens with two attached hydrogens (primary N) is 1. The molecule has 0 aliphatic carbocycles. The van der Waals surface area contributed by atoms with E-state index in [0.717, 1.165) is 42.3 Å². The summed E-state index contributed by atoms with van der Waals surface area (Å²) in [4.78, 5) is 28.9. The standard InChI is InChI=1S/C29H33N5O4.2ClH/c1-3-37-29(36)28(35)34(18-20-4-5-21-6-7-22(27(31)32)17-23(21)16-20)24-8-10-25(11-9-24)38-26-12-14-33(15-13-26)19(2)30;;/h4-11,16-17,26,30H,3,12-15,18H2,1-2H3,(H3,31,32);2*1H. The molecule has 214 valence electrons. The predicted octanol–water partition coefficient (Wildman–Crippen LogP) is 4.90. The van der Waals surface area contributed by atoms with Crippen LogP contribution >= 0.6 is 24.8 Å². The van der Waals surface area contributed by atoms with Crippen LogP contribution in [0.5, 0.6) is 5.75 Å². The number of rotatable bonds is 7. The number of anilines is 1. The van der Waals surface area contributed by atoms with Gasteiger partial charge in [-0.1, -0.05) is 24.3 Å². The molecule has 1 heterocycles. The average molecular weight is 589 g/mol. The minimum Gasteiger partial charge on any atom is -0.490 e. The number of fused-ring (bicyclic) bond motifs is 1. The summed E-state index contributed by atoms with van der Waals surface area (Å²) < 4.78 is 11.1. The summed E-state index contributed by atoms with van der Waals surface area (Å²) in [5.74, 6) is -0.433. The average Bonchev–Trinajstić information content (AvgIpc) is 2.92. The molecule has 1 aliphatic heterocycles. The molecule has 3 aromatic carbocycles. The van der Waals surface area contributed by atoms with E-state index < -0.39 is 11.9 Å². The minimum absolute atomic E-state index is 0. The first-order valence-corrected chi connectivity index (χ1v) is 12.7. The van der Waals surface area contributed by atoms with Gasteiger partial charge in [0.05, 0.1) is 19.0 Å². The van der Waals surface area contributed by atoms with Crippen LogP contribution in [0.4, 0.5) is 5.69 Å². The van der Waals surface area contributed by atoms with Gasteiger partial charge in [0.15, 0.2) is 0 Å². The number of ether oxygens (including phenoxy) is 2. The number of piperidine rings is 1. The molecule has 1 fully saturated rings. The fourth-order valence-corrected chi connectivity index (χ4v) is 4.53. The molecule has 0 spiro atoms. The van der Waals surface area contributed by atoms with Crippen LogP contribution in [0.3, 0.4) is 0 Å². The zero-order valence-corrected chi connectivity index (χ0v) is 24.1. The molecule has 0 radical (unpaired) electrons. The first kappa shape index (κ1) is 32.4. The number of likely N-dealkylation sites (tertiary alicyclic amines) is 1. The van der Waals surface area contributed by atoms with Crippen LogP contribution in [0.1, 0.15) is 37.8 Å². The van der Waals surface area contributed by atoms with Gasteiger partial charge in [-0.3, -0.25) is 20.5 Å². The quantitative estimate of drug-likeness (QED) is 0.156. The van der Waals surface area contributed by atoms with Gasteiger partial charge in [-0.05, 0) is 66.6 Å². The van der Waals surface area contributed by atoms with E-state index in [1.54, 1.807) is 44.2 Å². The van der Waals surface area contributed by atoms with Gasteiger partial charge in [0.2, 0.25) is 0 Å². The molecule has 1 aliphatic rings. The normalized spacial score (nSPS) is 13.0. The van der Waals surface area contributed by atoms with Crippen LogP contribution in [0, 0.1) is 10.8 Å². The first-order valence-electron chi connectivity index (χ1n) is 12.7. The van der Waals surface area contributed by atoms with E-state index in [-0.39, 0.29) is 49.9 Å². The summed E-state index contributed by atoms with van der Waals surface area (Å²) in [6.07, 6.45) is 1.73. The third-order valence-corrected chi connectivity index (χ3v) is 6.62. The fraction of sp³-hybridized carbons (Fsp3) is 0.310. The number of hydrogen-bond donors (Lipinski definition) is 3. The molecule has 0 unspecified atom stereocenters. The van der Waals surface area contributed by atoms with Crippen LogP contribution in [0.15, 0.2) is 60.7 Å². The number of carbonyl (C=O) groups is 2. The van der Waals surface area contributed by atoms with E-state index in [0.29, 0.717) is 22.8 Å². The third kappa shape index (κ3) is 7.86. The van der Waals surface area contributed by atoms with E-state index in [9.17, 15) is 9.59 Å². The van der Waals surface area contributed by atoms with Gasteiger partial charge in [0, 0.05) is 37.2 Å². The Morgan fingerprint density at radius 1 is 0.975 bits per heavy atom. The lowest BCUT2D eigenvalue weighted by Gasteiger charge is -2.32. The summed E-state index contributed by atoms with van der Waals surface area (Å²) in [5.41, 5.74) is 7.62. The Morgan fingerprint density at radius 3 is 2.23 bits per heavy atom. The van der Waals surface area contributed by atoms with E-state index in [2.05, 4.69) is 0 Å². The molecule has 3 aromatic rings. The van der Waals surface area contributed by atoms with Crippen LogP contribution in [-0.2, 0) is 20.9 Å². The Morgan fingerprint density at radius 2 is 1.62 bits per heavy atom. The molecule has 11 heteroatoms. The third-order valence-electron chi connectivity index (χ3n) is 6.62. The number of carbonyl (C=O) groups excluding carboxylic acids is 2. The molecule has 0 aromatic heterocycles.